The Morgan fingerprint density at radius 3 is 1.75 bits per heavy atom. The minimum atomic E-state index is 0.788. The molecule has 1 aliphatic heterocycles. The molecule has 0 aromatic carbocycles. The van der Waals surface area contributed by atoms with Gasteiger partial charge in [0.25, 0.3) is 0 Å². The first-order chi connectivity index (χ1) is 7.59. The van der Waals surface area contributed by atoms with Crippen LogP contribution in [0.3, 0.4) is 0 Å². The number of unbranched alkanes of at least 4 members (excludes halogenated alkanes) is 4. The molecule has 1 aliphatic rings. The van der Waals surface area contributed by atoms with E-state index in [-0.39, 0.29) is 0 Å². The van der Waals surface area contributed by atoms with E-state index in [9.17, 15) is 0 Å². The van der Waals surface area contributed by atoms with Crippen LogP contribution >= 0.6 is 0 Å². The largest absolute Gasteiger partial charge is 0.297 e. The van der Waals surface area contributed by atoms with E-state index < -0.39 is 0 Å². The molecule has 1 heterocycles. The van der Waals surface area contributed by atoms with Crippen molar-refractivity contribution in [3.05, 3.63) is 0 Å². The molecule has 1 nitrogen and oxygen atoms in total. The van der Waals surface area contributed by atoms with Gasteiger partial charge in [-0.25, -0.2) is 0 Å². The smallest absolute Gasteiger partial charge is 0.00986 e. The van der Waals surface area contributed by atoms with Crippen LogP contribution in [0.15, 0.2) is 0 Å². The Balaban J connectivity index is 2.26. The Labute approximate surface area is 103 Å². The van der Waals surface area contributed by atoms with Crippen molar-refractivity contribution in [3.63, 3.8) is 0 Å². The van der Waals surface area contributed by atoms with Crippen molar-refractivity contribution < 1.29 is 0 Å². The maximum Gasteiger partial charge on any atom is 0.00986 e. The molecule has 4 unspecified atom stereocenters. The second-order valence-corrected chi connectivity index (χ2v) is 5.85. The van der Waals surface area contributed by atoms with Crippen molar-refractivity contribution in [1.82, 2.24) is 4.90 Å². The summed E-state index contributed by atoms with van der Waals surface area (Å²) in [5.41, 5.74) is 0. The average Bonchev–Trinajstić information content (AvgIpc) is 2.46. The summed E-state index contributed by atoms with van der Waals surface area (Å²) in [5, 5.41) is 0. The Bertz CT molecular complexity index is 176. The van der Waals surface area contributed by atoms with Crippen molar-refractivity contribution in [2.24, 2.45) is 11.8 Å². The zero-order chi connectivity index (χ0) is 12.1. The van der Waals surface area contributed by atoms with Crippen LogP contribution in [0, 0.1) is 11.8 Å². The van der Waals surface area contributed by atoms with Gasteiger partial charge in [0.2, 0.25) is 0 Å². The molecular weight excluding hydrogens is 194 g/mol. The van der Waals surface area contributed by atoms with Crippen molar-refractivity contribution >= 4 is 0 Å². The second-order valence-electron chi connectivity index (χ2n) is 5.85. The Hall–Kier alpha value is -0.0400. The van der Waals surface area contributed by atoms with E-state index >= 15 is 0 Å². The molecule has 0 aliphatic carbocycles. The van der Waals surface area contributed by atoms with E-state index in [0.717, 1.165) is 23.9 Å². The Morgan fingerprint density at radius 2 is 1.25 bits per heavy atom. The molecule has 1 rings (SSSR count). The Kier molecular flexibility index (Phi) is 5.82. The van der Waals surface area contributed by atoms with Gasteiger partial charge in [-0.3, -0.25) is 4.90 Å². The maximum atomic E-state index is 2.74. The third-order valence-corrected chi connectivity index (χ3v) is 4.92. The summed E-state index contributed by atoms with van der Waals surface area (Å²) in [7, 11) is 0. The highest BCUT2D eigenvalue weighted by molar-refractivity contribution is 4.91. The third kappa shape index (κ3) is 3.23. The van der Waals surface area contributed by atoms with Crippen LogP contribution in [0.4, 0.5) is 0 Å². The van der Waals surface area contributed by atoms with Crippen LogP contribution in [-0.2, 0) is 0 Å². The van der Waals surface area contributed by atoms with Crippen molar-refractivity contribution in [3.8, 4) is 0 Å². The maximum absolute atomic E-state index is 2.74. The van der Waals surface area contributed by atoms with Gasteiger partial charge in [-0.2, -0.15) is 0 Å². The van der Waals surface area contributed by atoms with Crippen LogP contribution < -0.4 is 0 Å². The van der Waals surface area contributed by atoms with Gasteiger partial charge in [-0.1, -0.05) is 46.5 Å². The fraction of sp³-hybridized carbons (Fsp3) is 1.00. The van der Waals surface area contributed by atoms with Crippen molar-refractivity contribution in [2.75, 3.05) is 6.54 Å². The highest BCUT2D eigenvalue weighted by Gasteiger charge is 2.38. The summed E-state index contributed by atoms with van der Waals surface area (Å²) in [5.74, 6) is 1.73. The van der Waals surface area contributed by atoms with Crippen molar-refractivity contribution in [2.45, 2.75) is 78.8 Å². The highest BCUT2D eigenvalue weighted by Crippen LogP contribution is 2.34. The highest BCUT2D eigenvalue weighted by atomic mass is 15.2. The lowest BCUT2D eigenvalue weighted by atomic mass is 9.92. The zero-order valence-corrected chi connectivity index (χ0v) is 12.0. The minimum absolute atomic E-state index is 0.788. The van der Waals surface area contributed by atoms with E-state index in [4.69, 9.17) is 0 Å². The lowest BCUT2D eigenvalue weighted by molar-refractivity contribution is 0.193. The summed E-state index contributed by atoms with van der Waals surface area (Å²) >= 11 is 0. The van der Waals surface area contributed by atoms with Gasteiger partial charge in [0.05, 0.1) is 0 Å². The van der Waals surface area contributed by atoms with Gasteiger partial charge in [-0.15, -0.1) is 0 Å². The van der Waals surface area contributed by atoms with Crippen LogP contribution in [0.25, 0.3) is 0 Å². The van der Waals surface area contributed by atoms with E-state index in [1.54, 1.807) is 0 Å². The lowest BCUT2D eigenvalue weighted by Gasteiger charge is -2.27. The quantitative estimate of drug-likeness (QED) is 0.608. The molecule has 0 amide bonds. The number of rotatable bonds is 6. The summed E-state index contributed by atoms with van der Waals surface area (Å²) in [6.45, 7) is 13.3. The Morgan fingerprint density at radius 1 is 0.750 bits per heavy atom. The summed E-state index contributed by atoms with van der Waals surface area (Å²) < 4.78 is 0. The molecule has 1 fully saturated rings. The molecule has 1 heteroatoms. The number of hydrogen-bond donors (Lipinski definition) is 0. The molecule has 0 bridgehead atoms. The summed E-state index contributed by atoms with van der Waals surface area (Å²) in [6.07, 6.45) is 7.02. The molecule has 0 saturated carbocycles. The molecule has 0 radical (unpaired) electrons. The second kappa shape index (κ2) is 6.64. The first-order valence-electron chi connectivity index (χ1n) is 7.35. The molecule has 4 atom stereocenters. The predicted octanol–water partition coefficient (Wildman–Crippen LogP) is 4.32. The normalized spacial score (nSPS) is 35.8. The van der Waals surface area contributed by atoms with E-state index in [1.165, 1.54) is 38.6 Å². The number of nitrogens with zero attached hydrogens (tertiary/aromatic N) is 1. The van der Waals surface area contributed by atoms with E-state index in [0.29, 0.717) is 0 Å². The van der Waals surface area contributed by atoms with Crippen LogP contribution in [-0.4, -0.2) is 23.5 Å². The fourth-order valence-electron chi connectivity index (χ4n) is 3.16. The summed E-state index contributed by atoms with van der Waals surface area (Å²) in [6, 6.07) is 1.58. The molecule has 0 spiro atoms. The fourth-order valence-corrected chi connectivity index (χ4v) is 3.16. The molecule has 1 saturated heterocycles. The van der Waals surface area contributed by atoms with Crippen LogP contribution in [0.2, 0.25) is 0 Å². The molecular formula is C15H31N. The molecule has 0 aromatic heterocycles. The van der Waals surface area contributed by atoms with Gasteiger partial charge in [0, 0.05) is 12.1 Å². The first-order valence-corrected chi connectivity index (χ1v) is 7.35. The van der Waals surface area contributed by atoms with Gasteiger partial charge in [0.1, 0.15) is 0 Å². The SMILES string of the molecule is CCCCCCCN1C(C)C(C)C(C)C1C. The van der Waals surface area contributed by atoms with E-state index in [1.807, 2.05) is 0 Å². The predicted molar refractivity (Wildman–Crippen MR) is 72.7 cm³/mol. The van der Waals surface area contributed by atoms with Gasteiger partial charge >= 0.3 is 0 Å². The van der Waals surface area contributed by atoms with Crippen molar-refractivity contribution in [1.29, 1.82) is 0 Å². The van der Waals surface area contributed by atoms with Gasteiger partial charge < -0.3 is 0 Å². The monoisotopic (exact) mass is 225 g/mol. The topological polar surface area (TPSA) is 3.24 Å². The van der Waals surface area contributed by atoms with Crippen LogP contribution in [0.5, 0.6) is 0 Å². The molecule has 0 aromatic rings. The zero-order valence-electron chi connectivity index (χ0n) is 12.0. The molecule has 96 valence electrons. The van der Waals surface area contributed by atoms with Gasteiger partial charge in [0.15, 0.2) is 0 Å². The third-order valence-electron chi connectivity index (χ3n) is 4.92. The summed E-state index contributed by atoms with van der Waals surface area (Å²) in [4.78, 5) is 2.74. The molecule has 16 heavy (non-hydrogen) atoms. The minimum Gasteiger partial charge on any atom is -0.297 e. The lowest BCUT2D eigenvalue weighted by Crippen LogP contribution is -2.35. The standard InChI is InChI=1S/C15H31N/c1-6-7-8-9-10-11-16-14(4)12(2)13(3)15(16)5/h12-15H,6-11H2,1-5H3. The average molecular weight is 225 g/mol. The first kappa shape index (κ1) is 14.0. The van der Waals surface area contributed by atoms with Gasteiger partial charge in [-0.05, 0) is 38.6 Å². The van der Waals surface area contributed by atoms with Crippen LogP contribution in [0.1, 0.15) is 66.7 Å². The molecule has 0 N–H and O–H groups in total. The van der Waals surface area contributed by atoms with E-state index in [2.05, 4.69) is 39.5 Å². The number of hydrogen-bond acceptors (Lipinski definition) is 1. The number of likely N-dealkylation sites (tertiary alicyclic amines) is 1.